The van der Waals surface area contributed by atoms with Crippen molar-refractivity contribution in [2.75, 3.05) is 0 Å². The zero-order valence-corrected chi connectivity index (χ0v) is 8.03. The molecular weight excluding hydrogens is 192 g/mol. The molecule has 0 bridgehead atoms. The molecule has 2 heterocycles. The van der Waals surface area contributed by atoms with Gasteiger partial charge in [-0.1, -0.05) is 0 Å². The van der Waals surface area contributed by atoms with E-state index in [4.69, 9.17) is 5.11 Å². The molecule has 0 atom stereocenters. The zero-order chi connectivity index (χ0) is 10.4. The van der Waals surface area contributed by atoms with E-state index in [2.05, 4.69) is 9.97 Å². The van der Waals surface area contributed by atoms with E-state index in [-0.39, 0.29) is 5.69 Å². The van der Waals surface area contributed by atoms with Crippen molar-refractivity contribution >= 4 is 17.0 Å². The summed E-state index contributed by atoms with van der Waals surface area (Å²) in [4.78, 5) is 18.0. The quantitative estimate of drug-likeness (QED) is 0.784. The molecule has 2 aromatic rings. The monoisotopic (exact) mass is 202 g/mol. The third-order valence-corrected chi connectivity index (χ3v) is 2.72. The Morgan fingerprint density at radius 1 is 1.47 bits per heavy atom. The van der Waals surface area contributed by atoms with Gasteiger partial charge >= 0.3 is 5.97 Å². The van der Waals surface area contributed by atoms with Gasteiger partial charge in [-0.05, 0) is 31.0 Å². The van der Waals surface area contributed by atoms with E-state index in [9.17, 15) is 4.79 Å². The van der Waals surface area contributed by atoms with Gasteiger partial charge in [-0.3, -0.25) is 4.98 Å². The molecule has 0 spiro atoms. The third kappa shape index (κ3) is 1.38. The molecule has 0 amide bonds. The highest BCUT2D eigenvalue weighted by atomic mass is 16.4. The lowest BCUT2D eigenvalue weighted by Crippen LogP contribution is -1.94. The van der Waals surface area contributed by atoms with Crippen LogP contribution in [0.2, 0.25) is 0 Å². The Balaban J connectivity index is 2.13. The molecule has 2 aromatic heterocycles. The minimum atomic E-state index is -0.944. The second-order valence-electron chi connectivity index (χ2n) is 3.93. The Labute approximate surface area is 86.0 Å². The minimum Gasteiger partial charge on any atom is -0.477 e. The molecule has 1 fully saturated rings. The van der Waals surface area contributed by atoms with Gasteiger partial charge < -0.3 is 10.1 Å². The smallest absolute Gasteiger partial charge is 0.352 e. The number of aromatic amines is 1. The summed E-state index contributed by atoms with van der Waals surface area (Å²) in [5.74, 6) is -0.349. The molecule has 4 nitrogen and oxygen atoms in total. The fourth-order valence-electron chi connectivity index (χ4n) is 1.75. The van der Waals surface area contributed by atoms with Crippen LogP contribution < -0.4 is 0 Å². The Hall–Kier alpha value is -1.84. The summed E-state index contributed by atoms with van der Waals surface area (Å²) in [6.45, 7) is 0. The average molecular weight is 202 g/mol. The second kappa shape index (κ2) is 2.82. The van der Waals surface area contributed by atoms with Gasteiger partial charge in [-0.2, -0.15) is 0 Å². The van der Waals surface area contributed by atoms with E-state index in [1.165, 1.54) is 12.8 Å². The molecular formula is C11H10N2O2. The van der Waals surface area contributed by atoms with Crippen LogP contribution in [0.1, 0.15) is 34.9 Å². The van der Waals surface area contributed by atoms with Gasteiger partial charge in [0.05, 0.1) is 11.0 Å². The van der Waals surface area contributed by atoms with Crippen molar-refractivity contribution in [2.24, 2.45) is 0 Å². The minimum absolute atomic E-state index is 0.199. The number of hydrogen-bond donors (Lipinski definition) is 2. The van der Waals surface area contributed by atoms with Crippen molar-refractivity contribution < 1.29 is 9.90 Å². The maximum absolute atomic E-state index is 10.7. The van der Waals surface area contributed by atoms with Crippen molar-refractivity contribution in [3.8, 4) is 0 Å². The van der Waals surface area contributed by atoms with Crippen molar-refractivity contribution in [2.45, 2.75) is 18.8 Å². The lowest BCUT2D eigenvalue weighted by Gasteiger charge is -1.95. The van der Waals surface area contributed by atoms with Gasteiger partial charge in [-0.25, -0.2) is 4.79 Å². The van der Waals surface area contributed by atoms with Crippen LogP contribution in [-0.2, 0) is 0 Å². The number of carboxylic acids is 1. The van der Waals surface area contributed by atoms with Gasteiger partial charge in [-0.15, -0.1) is 0 Å². The molecule has 3 rings (SSSR count). The first-order valence-corrected chi connectivity index (χ1v) is 4.97. The first-order chi connectivity index (χ1) is 7.24. The predicted octanol–water partition coefficient (Wildman–Crippen LogP) is 2.14. The maximum atomic E-state index is 10.7. The molecule has 15 heavy (non-hydrogen) atoms. The van der Waals surface area contributed by atoms with Crippen molar-refractivity contribution in [1.29, 1.82) is 0 Å². The molecule has 0 unspecified atom stereocenters. The molecule has 4 heteroatoms. The molecule has 76 valence electrons. The summed E-state index contributed by atoms with van der Waals surface area (Å²) in [6, 6.07) is 5.47. The van der Waals surface area contributed by atoms with Crippen molar-refractivity contribution in [3.05, 3.63) is 29.6 Å². The average Bonchev–Trinajstić information content (AvgIpc) is 2.96. The van der Waals surface area contributed by atoms with E-state index < -0.39 is 5.97 Å². The Kier molecular flexibility index (Phi) is 1.59. The first-order valence-electron chi connectivity index (χ1n) is 4.97. The first kappa shape index (κ1) is 8.47. The van der Waals surface area contributed by atoms with Gasteiger partial charge in [0.1, 0.15) is 5.69 Å². The number of pyridine rings is 1. The van der Waals surface area contributed by atoms with Crippen molar-refractivity contribution in [3.63, 3.8) is 0 Å². The van der Waals surface area contributed by atoms with E-state index in [0.29, 0.717) is 5.92 Å². The number of H-pyrrole nitrogens is 1. The van der Waals surface area contributed by atoms with Gasteiger partial charge in [0.25, 0.3) is 0 Å². The predicted molar refractivity (Wildman–Crippen MR) is 55.0 cm³/mol. The van der Waals surface area contributed by atoms with Crippen LogP contribution in [-0.4, -0.2) is 21.0 Å². The number of nitrogens with one attached hydrogen (secondary N) is 1. The molecule has 0 radical (unpaired) electrons. The third-order valence-electron chi connectivity index (χ3n) is 2.72. The molecule has 2 N–H and O–H groups in total. The standard InChI is InChI=1S/C11H10N2O2/c14-11(15)10-5-9-8(13-10)4-3-7(12-9)6-1-2-6/h3-6,13H,1-2H2,(H,14,15). The van der Waals surface area contributed by atoms with Crippen LogP contribution in [0.3, 0.4) is 0 Å². The van der Waals surface area contributed by atoms with Crippen molar-refractivity contribution in [1.82, 2.24) is 9.97 Å². The van der Waals surface area contributed by atoms with E-state index in [1.807, 2.05) is 12.1 Å². The second-order valence-corrected chi connectivity index (χ2v) is 3.93. The Morgan fingerprint density at radius 3 is 2.93 bits per heavy atom. The fraction of sp³-hybridized carbons (Fsp3) is 0.273. The summed E-state index contributed by atoms with van der Waals surface area (Å²) in [5.41, 5.74) is 2.82. The number of aromatic nitrogens is 2. The molecule has 1 aliphatic rings. The normalized spacial score (nSPS) is 15.7. The summed E-state index contributed by atoms with van der Waals surface area (Å²) in [5, 5.41) is 8.82. The summed E-state index contributed by atoms with van der Waals surface area (Å²) in [6.07, 6.45) is 2.41. The van der Waals surface area contributed by atoms with E-state index in [1.54, 1.807) is 6.07 Å². The number of carbonyl (C=O) groups is 1. The largest absolute Gasteiger partial charge is 0.477 e. The van der Waals surface area contributed by atoms with E-state index in [0.717, 1.165) is 16.7 Å². The molecule has 0 aromatic carbocycles. The topological polar surface area (TPSA) is 66.0 Å². The van der Waals surface area contributed by atoms with Gasteiger partial charge in [0, 0.05) is 11.6 Å². The number of aromatic carboxylic acids is 1. The van der Waals surface area contributed by atoms with E-state index >= 15 is 0 Å². The lowest BCUT2D eigenvalue weighted by atomic mass is 10.2. The van der Waals surface area contributed by atoms with Crippen LogP contribution in [0.15, 0.2) is 18.2 Å². The summed E-state index contributed by atoms with van der Waals surface area (Å²) in [7, 11) is 0. The van der Waals surface area contributed by atoms with Gasteiger partial charge in [0.2, 0.25) is 0 Å². The molecule has 0 aliphatic heterocycles. The maximum Gasteiger partial charge on any atom is 0.352 e. The molecule has 0 saturated heterocycles. The van der Waals surface area contributed by atoms with Crippen LogP contribution in [0.25, 0.3) is 11.0 Å². The number of rotatable bonds is 2. The summed E-state index contributed by atoms with van der Waals surface area (Å²) < 4.78 is 0. The molecule has 1 saturated carbocycles. The number of carboxylic acid groups (broad SMARTS) is 1. The highest BCUT2D eigenvalue weighted by Gasteiger charge is 2.25. The zero-order valence-electron chi connectivity index (χ0n) is 8.03. The van der Waals surface area contributed by atoms with Crippen LogP contribution >= 0.6 is 0 Å². The Morgan fingerprint density at radius 2 is 2.27 bits per heavy atom. The summed E-state index contributed by atoms with van der Waals surface area (Å²) >= 11 is 0. The number of fused-ring (bicyclic) bond motifs is 1. The number of hydrogen-bond acceptors (Lipinski definition) is 2. The highest BCUT2D eigenvalue weighted by Crippen LogP contribution is 2.39. The van der Waals surface area contributed by atoms with Crippen LogP contribution in [0.4, 0.5) is 0 Å². The lowest BCUT2D eigenvalue weighted by molar-refractivity contribution is 0.0691. The fourth-order valence-corrected chi connectivity index (χ4v) is 1.75. The Bertz CT molecular complexity index is 541. The highest BCUT2D eigenvalue weighted by molar-refractivity contribution is 5.92. The van der Waals surface area contributed by atoms with Crippen LogP contribution in [0, 0.1) is 0 Å². The van der Waals surface area contributed by atoms with Crippen LogP contribution in [0.5, 0.6) is 0 Å². The van der Waals surface area contributed by atoms with Gasteiger partial charge in [0.15, 0.2) is 0 Å². The number of nitrogens with zero attached hydrogens (tertiary/aromatic N) is 1. The molecule has 1 aliphatic carbocycles. The SMILES string of the molecule is O=C(O)c1cc2nc(C3CC3)ccc2[nH]1.